The second-order valence-corrected chi connectivity index (χ2v) is 6.53. The van der Waals surface area contributed by atoms with Gasteiger partial charge in [0.25, 0.3) is 0 Å². The summed E-state index contributed by atoms with van der Waals surface area (Å²) < 4.78 is 0. The second kappa shape index (κ2) is 4.93. The van der Waals surface area contributed by atoms with Crippen LogP contribution in [0.3, 0.4) is 0 Å². The number of hydrogen-bond donors (Lipinski definition) is 0. The van der Waals surface area contributed by atoms with Crippen molar-refractivity contribution < 1.29 is 14.4 Å². The van der Waals surface area contributed by atoms with E-state index in [-0.39, 0.29) is 24.3 Å². The molecule has 22 heavy (non-hydrogen) atoms. The highest BCUT2D eigenvalue weighted by Crippen LogP contribution is 2.47. The van der Waals surface area contributed by atoms with Crippen LogP contribution in [-0.4, -0.2) is 42.6 Å². The fourth-order valence-corrected chi connectivity index (χ4v) is 3.44. The third-order valence-electron chi connectivity index (χ3n) is 4.60. The first kappa shape index (κ1) is 14.8. The molecule has 2 aliphatic rings. The van der Waals surface area contributed by atoms with Gasteiger partial charge in [-0.05, 0) is 18.6 Å². The predicted molar refractivity (Wildman–Crippen MR) is 82.7 cm³/mol. The molecule has 0 bridgehead atoms. The summed E-state index contributed by atoms with van der Waals surface area (Å²) in [4.78, 5) is 39.1. The Balaban J connectivity index is 1.97. The van der Waals surface area contributed by atoms with Gasteiger partial charge in [-0.15, -0.1) is 0 Å². The summed E-state index contributed by atoms with van der Waals surface area (Å²) in [5.41, 5.74) is 2.17. The van der Waals surface area contributed by atoms with Gasteiger partial charge in [-0.2, -0.15) is 0 Å². The van der Waals surface area contributed by atoms with Gasteiger partial charge in [-0.3, -0.25) is 9.59 Å². The van der Waals surface area contributed by atoms with Crippen molar-refractivity contribution in [3.8, 4) is 0 Å². The lowest BCUT2D eigenvalue weighted by atomic mass is 9.74. The lowest BCUT2D eigenvalue weighted by Gasteiger charge is -2.47. The third-order valence-corrected chi connectivity index (χ3v) is 4.60. The lowest BCUT2D eigenvalue weighted by molar-refractivity contribution is -0.146. The number of fused-ring (bicyclic) bond motifs is 2. The molecule has 2 heterocycles. The first-order valence-corrected chi connectivity index (χ1v) is 7.56. The zero-order valence-corrected chi connectivity index (χ0v) is 13.1. The molecule has 0 saturated carbocycles. The highest BCUT2D eigenvalue weighted by atomic mass is 16.2. The maximum atomic E-state index is 12.8. The molecule has 0 aromatic heterocycles. The van der Waals surface area contributed by atoms with Crippen LogP contribution in [-0.2, 0) is 19.8 Å². The highest BCUT2D eigenvalue weighted by Gasteiger charge is 2.59. The average molecular weight is 300 g/mol. The molecule has 5 heteroatoms. The van der Waals surface area contributed by atoms with E-state index >= 15 is 0 Å². The minimum absolute atomic E-state index is 0.0620. The molecule has 0 atom stereocenters. The van der Waals surface area contributed by atoms with Crippen molar-refractivity contribution in [2.75, 3.05) is 24.5 Å². The SMILES string of the molecule is Cc1ccc2c(c1)C1(CN(C(=O)C(C)C)C1)C(=O)N2CC=O. The van der Waals surface area contributed by atoms with Crippen molar-refractivity contribution in [1.82, 2.24) is 4.90 Å². The Morgan fingerprint density at radius 1 is 1.36 bits per heavy atom. The number of nitrogens with zero attached hydrogens (tertiary/aromatic N) is 2. The zero-order valence-electron chi connectivity index (χ0n) is 13.1. The van der Waals surface area contributed by atoms with Crippen molar-refractivity contribution in [3.05, 3.63) is 29.3 Å². The van der Waals surface area contributed by atoms with Crippen molar-refractivity contribution >= 4 is 23.8 Å². The molecule has 0 radical (unpaired) electrons. The van der Waals surface area contributed by atoms with Crippen LogP contribution in [0.4, 0.5) is 5.69 Å². The molecular weight excluding hydrogens is 280 g/mol. The molecule has 1 aromatic carbocycles. The van der Waals surface area contributed by atoms with E-state index in [0.29, 0.717) is 13.1 Å². The fourth-order valence-electron chi connectivity index (χ4n) is 3.44. The van der Waals surface area contributed by atoms with Crippen molar-refractivity contribution in [2.24, 2.45) is 5.92 Å². The van der Waals surface area contributed by atoms with Crippen LogP contribution in [0, 0.1) is 12.8 Å². The molecular formula is C17H20N2O3. The van der Waals surface area contributed by atoms with Gasteiger partial charge in [0, 0.05) is 24.7 Å². The van der Waals surface area contributed by atoms with Crippen LogP contribution in [0.1, 0.15) is 25.0 Å². The average Bonchev–Trinajstić information content (AvgIpc) is 2.66. The van der Waals surface area contributed by atoms with Crippen LogP contribution >= 0.6 is 0 Å². The highest BCUT2D eigenvalue weighted by molar-refractivity contribution is 6.11. The molecule has 1 saturated heterocycles. The number of amides is 2. The first-order valence-electron chi connectivity index (χ1n) is 7.56. The van der Waals surface area contributed by atoms with E-state index in [1.165, 1.54) is 0 Å². The second-order valence-electron chi connectivity index (χ2n) is 6.53. The topological polar surface area (TPSA) is 57.7 Å². The maximum Gasteiger partial charge on any atom is 0.241 e. The van der Waals surface area contributed by atoms with Gasteiger partial charge in [0.05, 0.1) is 6.54 Å². The number of benzene rings is 1. The Morgan fingerprint density at radius 2 is 2.05 bits per heavy atom. The van der Waals surface area contributed by atoms with Gasteiger partial charge in [0.1, 0.15) is 11.7 Å². The molecule has 2 aliphatic heterocycles. The van der Waals surface area contributed by atoms with E-state index in [1.54, 1.807) is 9.80 Å². The minimum Gasteiger partial charge on any atom is -0.339 e. The molecule has 0 unspecified atom stereocenters. The summed E-state index contributed by atoms with van der Waals surface area (Å²) >= 11 is 0. The van der Waals surface area contributed by atoms with Crippen LogP contribution in [0.25, 0.3) is 0 Å². The number of likely N-dealkylation sites (tertiary alicyclic amines) is 1. The van der Waals surface area contributed by atoms with E-state index < -0.39 is 5.41 Å². The molecule has 2 amide bonds. The molecule has 0 N–H and O–H groups in total. The zero-order chi connectivity index (χ0) is 16.1. The van der Waals surface area contributed by atoms with Crippen LogP contribution < -0.4 is 4.90 Å². The molecule has 0 aliphatic carbocycles. The van der Waals surface area contributed by atoms with Crippen molar-refractivity contribution in [1.29, 1.82) is 0 Å². The molecule has 5 nitrogen and oxygen atoms in total. The largest absolute Gasteiger partial charge is 0.339 e. The van der Waals surface area contributed by atoms with E-state index in [0.717, 1.165) is 23.1 Å². The van der Waals surface area contributed by atoms with Crippen molar-refractivity contribution in [3.63, 3.8) is 0 Å². The molecule has 116 valence electrons. The Hall–Kier alpha value is -2.17. The van der Waals surface area contributed by atoms with Crippen LogP contribution in [0.15, 0.2) is 18.2 Å². The first-order chi connectivity index (χ1) is 10.4. The van der Waals surface area contributed by atoms with E-state index in [9.17, 15) is 14.4 Å². The normalized spacial score (nSPS) is 18.6. The summed E-state index contributed by atoms with van der Waals surface area (Å²) in [6.45, 7) is 6.59. The predicted octanol–water partition coefficient (Wildman–Crippen LogP) is 1.28. The number of carbonyl (C=O) groups is 3. The van der Waals surface area contributed by atoms with Gasteiger partial charge >= 0.3 is 0 Å². The number of aryl methyl sites for hydroxylation is 1. The van der Waals surface area contributed by atoms with Gasteiger partial charge in [0.2, 0.25) is 11.8 Å². The summed E-state index contributed by atoms with van der Waals surface area (Å²) in [7, 11) is 0. The number of aldehydes is 1. The van der Waals surface area contributed by atoms with Gasteiger partial charge < -0.3 is 14.6 Å². The summed E-state index contributed by atoms with van der Waals surface area (Å²) in [6.07, 6.45) is 0.746. The third kappa shape index (κ3) is 1.88. The molecule has 1 aromatic rings. The number of anilines is 1. The van der Waals surface area contributed by atoms with Gasteiger partial charge in [0.15, 0.2) is 0 Å². The number of carbonyl (C=O) groups excluding carboxylic acids is 3. The maximum absolute atomic E-state index is 12.8. The molecule has 1 spiro atoms. The monoisotopic (exact) mass is 300 g/mol. The lowest BCUT2D eigenvalue weighted by Crippen LogP contribution is -2.66. The Labute approximate surface area is 129 Å². The van der Waals surface area contributed by atoms with E-state index in [4.69, 9.17) is 0 Å². The van der Waals surface area contributed by atoms with E-state index in [2.05, 4.69) is 0 Å². The Bertz CT molecular complexity index is 660. The van der Waals surface area contributed by atoms with Gasteiger partial charge in [-0.25, -0.2) is 0 Å². The minimum atomic E-state index is -0.658. The Morgan fingerprint density at radius 3 is 2.64 bits per heavy atom. The summed E-state index contributed by atoms with van der Waals surface area (Å²) in [5.74, 6) is -0.0635. The smallest absolute Gasteiger partial charge is 0.241 e. The molecule has 3 rings (SSSR count). The summed E-state index contributed by atoms with van der Waals surface area (Å²) in [6, 6.07) is 5.85. The van der Waals surface area contributed by atoms with Crippen LogP contribution in [0.2, 0.25) is 0 Å². The Kier molecular flexibility index (Phi) is 3.31. The summed E-state index contributed by atoms with van der Waals surface area (Å²) in [5, 5.41) is 0. The fraction of sp³-hybridized carbons (Fsp3) is 0.471. The molecule has 1 fully saturated rings. The quantitative estimate of drug-likeness (QED) is 0.790. The van der Waals surface area contributed by atoms with Crippen LogP contribution in [0.5, 0.6) is 0 Å². The standard InChI is InChI=1S/C17H20N2O3/c1-11(2)15(21)18-9-17(10-18)13-8-12(3)4-5-14(13)19(6-7-20)16(17)22/h4-5,7-8,11H,6,9-10H2,1-3H3. The van der Waals surface area contributed by atoms with E-state index in [1.807, 2.05) is 39.0 Å². The van der Waals surface area contributed by atoms with Gasteiger partial charge in [-0.1, -0.05) is 31.5 Å². The van der Waals surface area contributed by atoms with Crippen molar-refractivity contribution in [2.45, 2.75) is 26.2 Å². The number of hydrogen-bond acceptors (Lipinski definition) is 3. The number of rotatable bonds is 3.